The van der Waals surface area contributed by atoms with Gasteiger partial charge in [-0.25, -0.2) is 4.79 Å². The zero-order valence-electron chi connectivity index (χ0n) is 26.3. The van der Waals surface area contributed by atoms with Gasteiger partial charge in [0.15, 0.2) is 0 Å². The van der Waals surface area contributed by atoms with Gasteiger partial charge in [0, 0.05) is 6.54 Å². The molecule has 0 aliphatic heterocycles. The molecule has 2 atom stereocenters. The number of ether oxygens (including phenoxy) is 1. The topological polar surface area (TPSA) is 131 Å². The van der Waals surface area contributed by atoms with Gasteiger partial charge in [0.1, 0.15) is 17.7 Å². The molecule has 0 aliphatic rings. The number of amides is 4. The number of hydrogen-bond acceptors (Lipinski definition) is 5. The van der Waals surface area contributed by atoms with Crippen LogP contribution < -0.4 is 16.4 Å². The molecule has 0 aliphatic carbocycles. The van der Waals surface area contributed by atoms with Crippen LogP contribution in [0.2, 0.25) is 5.02 Å². The number of benzene rings is 2. The molecule has 0 heterocycles. The van der Waals surface area contributed by atoms with Crippen LogP contribution in [0.4, 0.5) is 10.5 Å². The molecule has 0 bridgehead atoms. The van der Waals surface area contributed by atoms with E-state index in [0.717, 1.165) is 43.2 Å². The van der Waals surface area contributed by atoms with Gasteiger partial charge < -0.3 is 26.0 Å². The number of nitrogens with two attached hydrogens (primary N) is 1. The lowest BCUT2D eigenvalue weighted by molar-refractivity contribution is -0.142. The van der Waals surface area contributed by atoms with Crippen molar-refractivity contribution in [1.82, 2.24) is 10.2 Å². The lowest BCUT2D eigenvalue weighted by Crippen LogP contribution is -2.53. The molecule has 236 valence electrons. The van der Waals surface area contributed by atoms with E-state index in [1.807, 2.05) is 38.1 Å². The van der Waals surface area contributed by atoms with Crippen LogP contribution in [-0.2, 0) is 19.1 Å². The Hall–Kier alpha value is -3.59. The van der Waals surface area contributed by atoms with Crippen molar-refractivity contribution < 1.29 is 23.9 Å². The first kappa shape index (κ1) is 35.6. The molecule has 43 heavy (non-hydrogen) atoms. The quantitative estimate of drug-likeness (QED) is 0.195. The SMILES string of the molecule is CCCCCCCCN(C(=O)C(CC(N)=O)NC(=O)OC(C)(C)C)C(C(=O)Nc1c(C)cccc1Cl)c1cccc(C)c1. The minimum absolute atomic E-state index is 0.212. The predicted octanol–water partition coefficient (Wildman–Crippen LogP) is 6.59. The Morgan fingerprint density at radius 3 is 2.23 bits per heavy atom. The third-order valence-electron chi connectivity index (χ3n) is 6.82. The highest BCUT2D eigenvalue weighted by Crippen LogP contribution is 2.30. The molecule has 0 saturated heterocycles. The normalized spacial score (nSPS) is 12.6. The summed E-state index contributed by atoms with van der Waals surface area (Å²) in [5, 5.41) is 5.82. The molecule has 0 radical (unpaired) electrons. The van der Waals surface area contributed by atoms with Gasteiger partial charge in [-0.05, 0) is 58.2 Å². The number of alkyl carbamates (subject to hydrolysis) is 1. The standard InChI is InChI=1S/C33H47ClN4O5/c1-7-8-9-10-11-12-19-38(31(41)26(21-27(35)39)36-32(42)43-33(4,5)6)29(24-17-13-15-22(2)20-24)30(40)37-28-23(3)16-14-18-25(28)34/h13-18,20,26,29H,7-12,19,21H2,1-6H3,(H2,35,39)(H,36,42)(H,37,40). The maximum atomic E-state index is 14.3. The molecular weight excluding hydrogens is 568 g/mol. The van der Waals surface area contributed by atoms with Gasteiger partial charge in [-0.15, -0.1) is 0 Å². The summed E-state index contributed by atoms with van der Waals surface area (Å²) >= 11 is 6.45. The van der Waals surface area contributed by atoms with E-state index < -0.39 is 47.9 Å². The summed E-state index contributed by atoms with van der Waals surface area (Å²) in [6.07, 6.45) is 4.41. The Morgan fingerprint density at radius 1 is 0.977 bits per heavy atom. The summed E-state index contributed by atoms with van der Waals surface area (Å²) < 4.78 is 5.36. The Bertz CT molecular complexity index is 1240. The number of unbranched alkanes of at least 4 members (excludes halogenated alkanes) is 5. The van der Waals surface area contributed by atoms with E-state index in [2.05, 4.69) is 17.6 Å². The van der Waals surface area contributed by atoms with Gasteiger partial charge in [-0.3, -0.25) is 14.4 Å². The number of carbonyl (C=O) groups is 4. The second-order valence-corrected chi connectivity index (χ2v) is 12.3. The first-order valence-electron chi connectivity index (χ1n) is 14.9. The van der Waals surface area contributed by atoms with Crippen molar-refractivity contribution in [1.29, 1.82) is 0 Å². The highest BCUT2D eigenvalue weighted by Gasteiger charge is 2.37. The molecule has 2 unspecified atom stereocenters. The van der Waals surface area contributed by atoms with Crippen molar-refractivity contribution in [3.05, 3.63) is 64.2 Å². The number of primary amides is 1. The minimum atomic E-state index is -1.34. The summed E-state index contributed by atoms with van der Waals surface area (Å²) in [5.74, 6) is -1.87. The largest absolute Gasteiger partial charge is 0.444 e. The van der Waals surface area contributed by atoms with Crippen molar-refractivity contribution >= 4 is 41.1 Å². The van der Waals surface area contributed by atoms with Gasteiger partial charge >= 0.3 is 6.09 Å². The number of halogens is 1. The summed E-state index contributed by atoms with van der Waals surface area (Å²) in [6.45, 7) is 11.2. The maximum absolute atomic E-state index is 14.3. The van der Waals surface area contributed by atoms with E-state index in [0.29, 0.717) is 22.7 Å². The van der Waals surface area contributed by atoms with Crippen LogP contribution in [0, 0.1) is 13.8 Å². The van der Waals surface area contributed by atoms with E-state index in [-0.39, 0.29) is 6.54 Å². The number of nitrogens with zero attached hydrogens (tertiary/aromatic N) is 1. The molecule has 2 rings (SSSR count). The molecule has 4 N–H and O–H groups in total. The predicted molar refractivity (Wildman–Crippen MR) is 171 cm³/mol. The number of aryl methyl sites for hydroxylation is 2. The third-order valence-corrected chi connectivity index (χ3v) is 7.13. The second kappa shape index (κ2) is 16.9. The van der Waals surface area contributed by atoms with E-state index in [1.54, 1.807) is 39.0 Å². The van der Waals surface area contributed by atoms with Crippen LogP contribution in [0.3, 0.4) is 0 Å². The fourth-order valence-electron chi connectivity index (χ4n) is 4.78. The molecule has 0 fully saturated rings. The fraction of sp³-hybridized carbons (Fsp3) is 0.515. The highest BCUT2D eigenvalue weighted by atomic mass is 35.5. The van der Waals surface area contributed by atoms with Crippen LogP contribution in [0.1, 0.15) is 95.4 Å². The zero-order valence-corrected chi connectivity index (χ0v) is 27.1. The maximum Gasteiger partial charge on any atom is 0.408 e. The van der Waals surface area contributed by atoms with Crippen molar-refractivity contribution in [2.24, 2.45) is 5.73 Å². The molecule has 10 heteroatoms. The number of para-hydroxylation sites is 1. The first-order valence-corrected chi connectivity index (χ1v) is 15.3. The average Bonchev–Trinajstić information content (AvgIpc) is 2.90. The molecule has 2 aromatic carbocycles. The molecule has 4 amide bonds. The Kier molecular flexibility index (Phi) is 14.0. The van der Waals surface area contributed by atoms with Gasteiger partial charge in [0.2, 0.25) is 11.8 Å². The molecule has 2 aromatic rings. The van der Waals surface area contributed by atoms with Crippen molar-refractivity contribution in [2.45, 2.75) is 104 Å². The number of carbonyl (C=O) groups excluding carboxylic acids is 4. The number of rotatable bonds is 15. The van der Waals surface area contributed by atoms with Gasteiger partial charge in [0.25, 0.3) is 5.91 Å². The van der Waals surface area contributed by atoms with Crippen LogP contribution in [0.15, 0.2) is 42.5 Å². The summed E-state index contributed by atoms with van der Waals surface area (Å²) in [6, 6.07) is 10.2. The number of nitrogens with one attached hydrogen (secondary N) is 2. The van der Waals surface area contributed by atoms with Crippen LogP contribution in [0.25, 0.3) is 0 Å². The summed E-state index contributed by atoms with van der Waals surface area (Å²) in [4.78, 5) is 54.6. The van der Waals surface area contributed by atoms with Gasteiger partial charge in [-0.2, -0.15) is 0 Å². The Balaban J connectivity index is 2.56. The first-order chi connectivity index (χ1) is 20.2. The van der Waals surface area contributed by atoms with Crippen LogP contribution in [0.5, 0.6) is 0 Å². The molecule has 0 saturated carbocycles. The lowest BCUT2D eigenvalue weighted by atomic mass is 9.99. The van der Waals surface area contributed by atoms with Crippen LogP contribution >= 0.6 is 11.6 Å². The van der Waals surface area contributed by atoms with Gasteiger partial charge in [0.05, 0.1) is 17.1 Å². The highest BCUT2D eigenvalue weighted by molar-refractivity contribution is 6.34. The minimum Gasteiger partial charge on any atom is -0.444 e. The Morgan fingerprint density at radius 2 is 1.63 bits per heavy atom. The smallest absolute Gasteiger partial charge is 0.408 e. The third kappa shape index (κ3) is 11.9. The molecule has 0 aromatic heterocycles. The number of anilines is 1. The van der Waals surface area contributed by atoms with E-state index in [1.165, 1.54) is 4.90 Å². The monoisotopic (exact) mass is 614 g/mol. The van der Waals surface area contributed by atoms with E-state index in [9.17, 15) is 19.2 Å². The van der Waals surface area contributed by atoms with Crippen molar-refractivity contribution in [3.8, 4) is 0 Å². The van der Waals surface area contributed by atoms with Crippen molar-refractivity contribution in [2.75, 3.05) is 11.9 Å². The molecular formula is C33H47ClN4O5. The van der Waals surface area contributed by atoms with Crippen LogP contribution in [-0.4, -0.2) is 46.9 Å². The van der Waals surface area contributed by atoms with Crippen molar-refractivity contribution in [3.63, 3.8) is 0 Å². The van der Waals surface area contributed by atoms with E-state index in [4.69, 9.17) is 22.1 Å². The van der Waals surface area contributed by atoms with E-state index >= 15 is 0 Å². The second-order valence-electron chi connectivity index (χ2n) is 11.9. The van der Waals surface area contributed by atoms with Gasteiger partial charge in [-0.1, -0.05) is 92.6 Å². The Labute approximate surface area is 260 Å². The zero-order chi connectivity index (χ0) is 32.2. The summed E-state index contributed by atoms with van der Waals surface area (Å²) in [5.41, 5.74) is 7.36. The summed E-state index contributed by atoms with van der Waals surface area (Å²) in [7, 11) is 0. The fourth-order valence-corrected chi connectivity index (χ4v) is 5.04. The average molecular weight is 615 g/mol. The molecule has 0 spiro atoms. The number of hydrogen-bond donors (Lipinski definition) is 3. The molecule has 9 nitrogen and oxygen atoms in total. The lowest BCUT2D eigenvalue weighted by Gasteiger charge is -2.34.